The summed E-state index contributed by atoms with van der Waals surface area (Å²) in [5.74, 6) is -1.07. The molecule has 4 heteroatoms. The second-order valence-corrected chi connectivity index (χ2v) is 4.60. The van der Waals surface area contributed by atoms with Crippen molar-refractivity contribution in [3.8, 4) is 0 Å². The third kappa shape index (κ3) is 14.6. The number of carbonyl (C=O) groups is 2. The van der Waals surface area contributed by atoms with Gasteiger partial charge >= 0.3 is 11.9 Å². The van der Waals surface area contributed by atoms with Crippen molar-refractivity contribution in [1.29, 1.82) is 0 Å². The maximum Gasteiger partial charge on any atom is 0.306 e. The number of esters is 1. The van der Waals surface area contributed by atoms with Crippen molar-refractivity contribution in [3.05, 3.63) is 12.2 Å². The Hall–Kier alpha value is -1.32. The van der Waals surface area contributed by atoms with Crippen molar-refractivity contribution in [2.24, 2.45) is 0 Å². The SMILES string of the molecule is CCCCCC/C=C\COC(=O)CCCCC(=O)O. The molecule has 0 rings (SSSR count). The van der Waals surface area contributed by atoms with Gasteiger partial charge in [0.2, 0.25) is 0 Å². The summed E-state index contributed by atoms with van der Waals surface area (Å²) in [5, 5.41) is 8.43. The molecule has 0 atom stereocenters. The Balaban J connectivity index is 3.32. The molecule has 0 amide bonds. The highest BCUT2D eigenvalue weighted by Gasteiger charge is 2.02. The smallest absolute Gasteiger partial charge is 0.306 e. The molecule has 4 nitrogen and oxygen atoms in total. The maximum absolute atomic E-state index is 11.3. The van der Waals surface area contributed by atoms with Gasteiger partial charge in [-0.1, -0.05) is 38.3 Å². The molecule has 0 saturated carbocycles. The minimum atomic E-state index is -0.820. The van der Waals surface area contributed by atoms with Gasteiger partial charge in [0.25, 0.3) is 0 Å². The molecule has 0 spiro atoms. The molecule has 0 bridgehead atoms. The summed E-state index contributed by atoms with van der Waals surface area (Å²) < 4.78 is 5.00. The van der Waals surface area contributed by atoms with Crippen LogP contribution in [-0.4, -0.2) is 23.7 Å². The fraction of sp³-hybridized carbons (Fsp3) is 0.733. The Morgan fingerprint density at radius 3 is 2.42 bits per heavy atom. The van der Waals surface area contributed by atoms with E-state index >= 15 is 0 Å². The van der Waals surface area contributed by atoms with Gasteiger partial charge in [0.15, 0.2) is 0 Å². The highest BCUT2D eigenvalue weighted by molar-refractivity contribution is 5.69. The molecule has 1 N–H and O–H groups in total. The van der Waals surface area contributed by atoms with E-state index in [2.05, 4.69) is 6.92 Å². The van der Waals surface area contributed by atoms with Gasteiger partial charge in [0.05, 0.1) is 0 Å². The lowest BCUT2D eigenvalue weighted by molar-refractivity contribution is -0.143. The molecule has 0 aliphatic heterocycles. The van der Waals surface area contributed by atoms with Crippen LogP contribution in [0.1, 0.15) is 64.7 Å². The first kappa shape index (κ1) is 17.7. The van der Waals surface area contributed by atoms with Crippen LogP contribution in [0, 0.1) is 0 Å². The van der Waals surface area contributed by atoms with Gasteiger partial charge in [-0.15, -0.1) is 0 Å². The van der Waals surface area contributed by atoms with E-state index in [1.165, 1.54) is 25.7 Å². The zero-order chi connectivity index (χ0) is 14.3. The lowest BCUT2D eigenvalue weighted by Gasteiger charge is -2.01. The Kier molecular flexibility index (Phi) is 12.2. The summed E-state index contributed by atoms with van der Waals surface area (Å²) in [5.41, 5.74) is 0. The van der Waals surface area contributed by atoms with Crippen LogP contribution >= 0.6 is 0 Å². The fourth-order valence-corrected chi connectivity index (χ4v) is 1.63. The number of carboxylic acid groups (broad SMARTS) is 1. The predicted octanol–water partition coefficient (Wildman–Crippen LogP) is 3.70. The van der Waals surface area contributed by atoms with Gasteiger partial charge < -0.3 is 9.84 Å². The number of unbranched alkanes of at least 4 members (excludes halogenated alkanes) is 5. The fourth-order valence-electron chi connectivity index (χ4n) is 1.63. The van der Waals surface area contributed by atoms with Crippen molar-refractivity contribution in [2.45, 2.75) is 64.7 Å². The average Bonchev–Trinajstić information content (AvgIpc) is 2.37. The van der Waals surface area contributed by atoms with Crippen LogP contribution in [0.5, 0.6) is 0 Å². The number of aliphatic carboxylic acids is 1. The molecule has 110 valence electrons. The van der Waals surface area contributed by atoms with Crippen LogP contribution in [-0.2, 0) is 14.3 Å². The van der Waals surface area contributed by atoms with Crippen molar-refractivity contribution >= 4 is 11.9 Å². The number of hydrogen-bond donors (Lipinski definition) is 1. The quantitative estimate of drug-likeness (QED) is 0.333. The molecule has 0 radical (unpaired) electrons. The van der Waals surface area contributed by atoms with Crippen molar-refractivity contribution in [3.63, 3.8) is 0 Å². The van der Waals surface area contributed by atoms with Gasteiger partial charge in [0.1, 0.15) is 6.61 Å². The molecule has 0 aliphatic rings. The van der Waals surface area contributed by atoms with Crippen molar-refractivity contribution in [2.75, 3.05) is 6.61 Å². The van der Waals surface area contributed by atoms with Crippen LogP contribution in [0.15, 0.2) is 12.2 Å². The normalized spacial score (nSPS) is 10.8. The van der Waals surface area contributed by atoms with E-state index in [-0.39, 0.29) is 12.4 Å². The van der Waals surface area contributed by atoms with Crippen molar-refractivity contribution < 1.29 is 19.4 Å². The highest BCUT2D eigenvalue weighted by atomic mass is 16.5. The first-order valence-corrected chi connectivity index (χ1v) is 7.19. The van der Waals surface area contributed by atoms with Gasteiger partial charge in [-0.2, -0.15) is 0 Å². The van der Waals surface area contributed by atoms with Crippen LogP contribution in [0.4, 0.5) is 0 Å². The Morgan fingerprint density at radius 2 is 1.74 bits per heavy atom. The molecule has 0 fully saturated rings. The van der Waals surface area contributed by atoms with E-state index in [0.717, 1.165) is 6.42 Å². The number of ether oxygens (including phenoxy) is 1. The minimum absolute atomic E-state index is 0.116. The van der Waals surface area contributed by atoms with E-state index in [4.69, 9.17) is 9.84 Å². The van der Waals surface area contributed by atoms with E-state index < -0.39 is 5.97 Å². The first-order valence-electron chi connectivity index (χ1n) is 7.19. The summed E-state index contributed by atoms with van der Waals surface area (Å²) in [6, 6.07) is 0. The van der Waals surface area contributed by atoms with Gasteiger partial charge in [-0.05, 0) is 25.7 Å². The standard InChI is InChI=1S/C15H26O4/c1-2-3-4-5-6-7-10-13-19-15(18)12-9-8-11-14(16)17/h7,10H,2-6,8-9,11-13H2,1H3,(H,16,17)/b10-7-. The molecular weight excluding hydrogens is 244 g/mol. The monoisotopic (exact) mass is 270 g/mol. The molecule has 19 heavy (non-hydrogen) atoms. The maximum atomic E-state index is 11.3. The molecular formula is C15H26O4. The molecule has 0 unspecified atom stereocenters. The summed E-state index contributed by atoms with van der Waals surface area (Å²) in [7, 11) is 0. The summed E-state index contributed by atoms with van der Waals surface area (Å²) in [6.07, 6.45) is 11.4. The number of carbonyl (C=O) groups excluding carboxylic acids is 1. The molecule has 0 aromatic carbocycles. The molecule has 0 aliphatic carbocycles. The molecule has 0 aromatic rings. The second kappa shape index (κ2) is 13.1. The number of rotatable bonds is 12. The third-order valence-corrected chi connectivity index (χ3v) is 2.75. The minimum Gasteiger partial charge on any atom is -0.481 e. The van der Waals surface area contributed by atoms with Crippen LogP contribution < -0.4 is 0 Å². The van der Waals surface area contributed by atoms with Crippen LogP contribution in [0.3, 0.4) is 0 Å². The largest absolute Gasteiger partial charge is 0.481 e. The average molecular weight is 270 g/mol. The molecule has 0 aromatic heterocycles. The predicted molar refractivity (Wildman–Crippen MR) is 75.0 cm³/mol. The Bertz CT molecular complexity index is 271. The topological polar surface area (TPSA) is 63.6 Å². The zero-order valence-corrected chi connectivity index (χ0v) is 11.9. The third-order valence-electron chi connectivity index (χ3n) is 2.75. The van der Waals surface area contributed by atoms with E-state index in [1.54, 1.807) is 0 Å². The Morgan fingerprint density at radius 1 is 1.00 bits per heavy atom. The Labute approximate surface area is 115 Å². The molecule has 0 saturated heterocycles. The number of carboxylic acids is 1. The van der Waals surface area contributed by atoms with Gasteiger partial charge in [-0.25, -0.2) is 0 Å². The molecule has 0 heterocycles. The van der Waals surface area contributed by atoms with E-state index in [9.17, 15) is 9.59 Å². The second-order valence-electron chi connectivity index (χ2n) is 4.60. The van der Waals surface area contributed by atoms with Crippen LogP contribution in [0.2, 0.25) is 0 Å². The lowest BCUT2D eigenvalue weighted by atomic mass is 10.1. The van der Waals surface area contributed by atoms with Gasteiger partial charge in [-0.3, -0.25) is 9.59 Å². The van der Waals surface area contributed by atoms with Gasteiger partial charge in [0, 0.05) is 12.8 Å². The summed E-state index contributed by atoms with van der Waals surface area (Å²) in [6.45, 7) is 2.51. The lowest BCUT2D eigenvalue weighted by Crippen LogP contribution is -2.04. The van der Waals surface area contributed by atoms with Crippen LogP contribution in [0.25, 0.3) is 0 Å². The highest BCUT2D eigenvalue weighted by Crippen LogP contribution is 2.03. The van der Waals surface area contributed by atoms with Crippen molar-refractivity contribution in [1.82, 2.24) is 0 Å². The number of hydrogen-bond acceptors (Lipinski definition) is 3. The summed E-state index contributed by atoms with van der Waals surface area (Å²) in [4.78, 5) is 21.5. The summed E-state index contributed by atoms with van der Waals surface area (Å²) >= 11 is 0. The van der Waals surface area contributed by atoms with E-state index in [1.807, 2.05) is 12.2 Å². The van der Waals surface area contributed by atoms with E-state index in [0.29, 0.717) is 25.9 Å². The zero-order valence-electron chi connectivity index (χ0n) is 11.9. The number of allylic oxidation sites excluding steroid dienone is 1. The first-order chi connectivity index (χ1) is 9.16.